The van der Waals surface area contributed by atoms with Gasteiger partial charge in [0.1, 0.15) is 0 Å². The highest BCUT2D eigenvalue weighted by Crippen LogP contribution is 2.23. The molecule has 30 heavy (non-hydrogen) atoms. The van der Waals surface area contributed by atoms with Gasteiger partial charge >= 0.3 is 5.97 Å². The number of hydrogen-bond acceptors (Lipinski definition) is 4. The molecule has 0 amide bonds. The number of carbonyl (C=O) groups is 1. The molecule has 2 aromatic carbocycles. The Morgan fingerprint density at radius 2 is 1.80 bits per heavy atom. The van der Waals surface area contributed by atoms with E-state index in [1.54, 1.807) is 0 Å². The van der Waals surface area contributed by atoms with Crippen LogP contribution in [0.15, 0.2) is 60.8 Å². The van der Waals surface area contributed by atoms with E-state index in [1.165, 1.54) is 5.56 Å². The molecule has 3 aromatic rings. The number of piperidine rings is 1. The van der Waals surface area contributed by atoms with E-state index in [2.05, 4.69) is 29.2 Å². The minimum atomic E-state index is -0.223. The zero-order valence-corrected chi connectivity index (χ0v) is 17.7. The summed E-state index contributed by atoms with van der Waals surface area (Å²) in [5, 5.41) is 0.951. The first-order valence-electron chi connectivity index (χ1n) is 10.8. The first-order valence-corrected chi connectivity index (χ1v) is 10.8. The summed E-state index contributed by atoms with van der Waals surface area (Å²) in [5.74, 6) is 0.199. The zero-order valence-electron chi connectivity index (χ0n) is 17.7. The van der Waals surface area contributed by atoms with E-state index in [-0.39, 0.29) is 12.0 Å². The van der Waals surface area contributed by atoms with Crippen molar-refractivity contribution in [2.45, 2.75) is 25.3 Å². The predicted octanol–water partition coefficient (Wildman–Crippen LogP) is 3.62. The van der Waals surface area contributed by atoms with Crippen molar-refractivity contribution in [1.29, 1.82) is 0 Å². The highest BCUT2D eigenvalue weighted by Gasteiger charge is 2.23. The third kappa shape index (κ3) is 4.91. The van der Waals surface area contributed by atoms with Crippen LogP contribution in [0.2, 0.25) is 0 Å². The highest BCUT2D eigenvalue weighted by atomic mass is 16.5. The first kappa shape index (κ1) is 20.6. The Bertz CT molecular complexity index is 974. The Morgan fingerprint density at radius 1 is 1.10 bits per heavy atom. The number of hydrogen-bond donors (Lipinski definition) is 1. The van der Waals surface area contributed by atoms with E-state index >= 15 is 0 Å². The SMILES string of the molecule is Cn1cc(C(=O)OCC2CCN(C[C@@H](N)Cc3ccccc3)CC2)c2ccccc21. The van der Waals surface area contributed by atoms with Crippen LogP contribution in [-0.4, -0.2) is 47.7 Å². The second kappa shape index (κ2) is 9.45. The molecule has 1 saturated heterocycles. The third-order valence-electron chi connectivity index (χ3n) is 6.11. The fourth-order valence-electron chi connectivity index (χ4n) is 4.42. The van der Waals surface area contributed by atoms with Gasteiger partial charge in [-0.25, -0.2) is 4.79 Å². The number of rotatable bonds is 7. The first-order chi connectivity index (χ1) is 14.6. The average Bonchev–Trinajstić information content (AvgIpc) is 3.11. The minimum Gasteiger partial charge on any atom is -0.462 e. The highest BCUT2D eigenvalue weighted by molar-refractivity contribution is 6.04. The molecular formula is C25H31N3O2. The summed E-state index contributed by atoms with van der Waals surface area (Å²) in [6.45, 7) is 3.43. The number of aromatic nitrogens is 1. The Labute approximate surface area is 178 Å². The van der Waals surface area contributed by atoms with Crippen LogP contribution in [-0.2, 0) is 18.2 Å². The molecule has 1 fully saturated rings. The standard InChI is InChI=1S/C25H31N3O2/c1-27-17-23(22-9-5-6-10-24(22)27)25(29)30-18-20-11-13-28(14-12-20)16-21(26)15-19-7-3-2-4-8-19/h2-10,17,20-21H,11-16,18,26H2,1H3/t21-/m0/s1. The van der Waals surface area contributed by atoms with E-state index in [1.807, 2.05) is 48.1 Å². The summed E-state index contributed by atoms with van der Waals surface area (Å²) in [6, 6.07) is 18.5. The summed E-state index contributed by atoms with van der Waals surface area (Å²) >= 11 is 0. The van der Waals surface area contributed by atoms with Gasteiger partial charge in [-0.05, 0) is 49.9 Å². The van der Waals surface area contributed by atoms with Crippen LogP contribution in [0.5, 0.6) is 0 Å². The molecule has 158 valence electrons. The van der Waals surface area contributed by atoms with Gasteiger partial charge in [-0.15, -0.1) is 0 Å². The Balaban J connectivity index is 1.22. The number of esters is 1. The molecule has 0 saturated carbocycles. The fraction of sp³-hybridized carbons (Fsp3) is 0.400. The molecule has 5 heteroatoms. The van der Waals surface area contributed by atoms with E-state index in [0.717, 1.165) is 49.8 Å². The van der Waals surface area contributed by atoms with Gasteiger partial charge in [0.25, 0.3) is 0 Å². The minimum absolute atomic E-state index is 0.146. The number of aryl methyl sites for hydroxylation is 1. The molecule has 0 aliphatic carbocycles. The van der Waals surface area contributed by atoms with Crippen molar-refractivity contribution in [1.82, 2.24) is 9.47 Å². The average molecular weight is 406 g/mol. The largest absolute Gasteiger partial charge is 0.462 e. The molecule has 0 spiro atoms. The molecule has 0 bridgehead atoms. The number of nitrogens with zero attached hydrogens (tertiary/aromatic N) is 2. The summed E-state index contributed by atoms with van der Waals surface area (Å²) in [6.07, 6.45) is 4.86. The molecular weight excluding hydrogens is 374 g/mol. The molecule has 1 atom stereocenters. The number of likely N-dealkylation sites (tertiary alicyclic amines) is 1. The molecule has 1 aromatic heterocycles. The van der Waals surface area contributed by atoms with E-state index < -0.39 is 0 Å². The Morgan fingerprint density at radius 3 is 2.57 bits per heavy atom. The maximum absolute atomic E-state index is 12.6. The molecule has 5 nitrogen and oxygen atoms in total. The van der Waals surface area contributed by atoms with Crippen molar-refractivity contribution in [2.24, 2.45) is 18.7 Å². The Hall–Kier alpha value is -2.63. The Kier molecular flexibility index (Phi) is 6.50. The van der Waals surface area contributed by atoms with Crippen LogP contribution in [0.3, 0.4) is 0 Å². The molecule has 1 aliphatic heterocycles. The van der Waals surface area contributed by atoms with Gasteiger partial charge in [0, 0.05) is 36.7 Å². The maximum atomic E-state index is 12.6. The second-order valence-electron chi connectivity index (χ2n) is 8.46. The fourth-order valence-corrected chi connectivity index (χ4v) is 4.42. The van der Waals surface area contributed by atoms with E-state index in [9.17, 15) is 4.79 Å². The summed E-state index contributed by atoms with van der Waals surface area (Å²) in [7, 11) is 1.96. The van der Waals surface area contributed by atoms with Gasteiger partial charge in [-0.3, -0.25) is 0 Å². The van der Waals surface area contributed by atoms with E-state index in [0.29, 0.717) is 18.1 Å². The zero-order chi connectivity index (χ0) is 20.9. The number of carbonyl (C=O) groups excluding carboxylic acids is 1. The molecule has 0 unspecified atom stereocenters. The van der Waals surface area contributed by atoms with Gasteiger partial charge in [0.05, 0.1) is 12.2 Å². The third-order valence-corrected chi connectivity index (χ3v) is 6.11. The van der Waals surface area contributed by atoms with Crippen molar-refractivity contribution >= 4 is 16.9 Å². The molecule has 2 N–H and O–H groups in total. The smallest absolute Gasteiger partial charge is 0.340 e. The molecule has 0 radical (unpaired) electrons. The lowest BCUT2D eigenvalue weighted by Gasteiger charge is -2.33. The van der Waals surface area contributed by atoms with E-state index in [4.69, 9.17) is 10.5 Å². The van der Waals surface area contributed by atoms with Crippen molar-refractivity contribution in [2.75, 3.05) is 26.2 Å². The molecule has 1 aliphatic rings. The van der Waals surface area contributed by atoms with Gasteiger partial charge in [-0.1, -0.05) is 48.5 Å². The predicted molar refractivity (Wildman–Crippen MR) is 120 cm³/mol. The van der Waals surface area contributed by atoms with Crippen molar-refractivity contribution in [3.8, 4) is 0 Å². The monoisotopic (exact) mass is 405 g/mol. The lowest BCUT2D eigenvalue weighted by molar-refractivity contribution is 0.0372. The van der Waals surface area contributed by atoms with Crippen molar-refractivity contribution in [3.63, 3.8) is 0 Å². The van der Waals surface area contributed by atoms with Crippen LogP contribution >= 0.6 is 0 Å². The summed E-state index contributed by atoms with van der Waals surface area (Å²) in [5.41, 5.74) is 9.36. The quantitative estimate of drug-likeness (QED) is 0.610. The molecule has 4 rings (SSSR count). The van der Waals surface area contributed by atoms with Crippen molar-refractivity contribution in [3.05, 3.63) is 71.9 Å². The van der Waals surface area contributed by atoms with Crippen LogP contribution in [0.4, 0.5) is 0 Å². The normalized spacial score (nSPS) is 16.6. The number of fused-ring (bicyclic) bond motifs is 1. The van der Waals surface area contributed by atoms with Crippen LogP contribution in [0.1, 0.15) is 28.8 Å². The van der Waals surface area contributed by atoms with Crippen LogP contribution < -0.4 is 5.73 Å². The lowest BCUT2D eigenvalue weighted by Crippen LogP contribution is -2.43. The number of ether oxygens (including phenoxy) is 1. The van der Waals surface area contributed by atoms with Crippen LogP contribution in [0.25, 0.3) is 10.9 Å². The number of para-hydroxylation sites is 1. The topological polar surface area (TPSA) is 60.5 Å². The van der Waals surface area contributed by atoms with Gasteiger partial charge < -0.3 is 19.9 Å². The summed E-state index contributed by atoms with van der Waals surface area (Å²) < 4.78 is 7.66. The molecule has 2 heterocycles. The van der Waals surface area contributed by atoms with Crippen molar-refractivity contribution < 1.29 is 9.53 Å². The van der Waals surface area contributed by atoms with Crippen LogP contribution in [0, 0.1) is 5.92 Å². The lowest BCUT2D eigenvalue weighted by atomic mass is 9.97. The number of benzene rings is 2. The summed E-state index contributed by atoms with van der Waals surface area (Å²) in [4.78, 5) is 15.1. The van der Waals surface area contributed by atoms with Gasteiger partial charge in [0.15, 0.2) is 0 Å². The maximum Gasteiger partial charge on any atom is 0.340 e. The number of nitrogens with two attached hydrogens (primary N) is 1. The second-order valence-corrected chi connectivity index (χ2v) is 8.46. The van der Waals surface area contributed by atoms with Gasteiger partial charge in [0.2, 0.25) is 0 Å². The van der Waals surface area contributed by atoms with Gasteiger partial charge in [-0.2, -0.15) is 0 Å².